The van der Waals surface area contributed by atoms with E-state index in [0.29, 0.717) is 12.8 Å². The van der Waals surface area contributed by atoms with Crippen LogP contribution >= 0.6 is 0 Å². The maximum absolute atomic E-state index is 5.15. The van der Waals surface area contributed by atoms with Crippen molar-refractivity contribution in [3.63, 3.8) is 0 Å². The summed E-state index contributed by atoms with van der Waals surface area (Å²) in [6.07, 6.45) is 0. The van der Waals surface area contributed by atoms with E-state index in [2.05, 4.69) is 17.6 Å². The predicted molar refractivity (Wildman–Crippen MR) is 36.3 cm³/mol. The summed E-state index contributed by atoms with van der Waals surface area (Å²) >= 11 is 0. The molecule has 3 nitrogen and oxygen atoms in total. The van der Waals surface area contributed by atoms with Crippen LogP contribution in [0, 0.1) is 0 Å². The van der Waals surface area contributed by atoms with Gasteiger partial charge in [0.2, 0.25) is 0 Å². The van der Waals surface area contributed by atoms with Gasteiger partial charge in [0.1, 0.15) is 0 Å². The molecule has 0 aromatic heterocycles. The molecule has 0 aliphatic carbocycles. The second kappa shape index (κ2) is 3.82. The van der Waals surface area contributed by atoms with Crippen LogP contribution in [-0.4, -0.2) is 32.5 Å². The van der Waals surface area contributed by atoms with Gasteiger partial charge in [-0.15, -0.1) is 0 Å². The van der Waals surface area contributed by atoms with Crippen molar-refractivity contribution in [1.29, 1.82) is 0 Å². The second-order valence-corrected chi connectivity index (χ2v) is 2.36. The van der Waals surface area contributed by atoms with Gasteiger partial charge in [0, 0.05) is 19.1 Å². The van der Waals surface area contributed by atoms with Gasteiger partial charge in [-0.3, -0.25) is 5.32 Å². The van der Waals surface area contributed by atoms with Crippen LogP contribution in [0.5, 0.6) is 0 Å². The van der Waals surface area contributed by atoms with E-state index in [0.717, 1.165) is 19.7 Å². The molecule has 2 N–H and O–H groups in total. The van der Waals surface area contributed by atoms with E-state index >= 15 is 0 Å². The Kier molecular flexibility index (Phi) is 2.97. The smallest absolute Gasteiger partial charge is 0.0966 e. The van der Waals surface area contributed by atoms with Crippen LogP contribution in [0.25, 0.3) is 0 Å². The molecule has 0 aromatic carbocycles. The molecule has 1 atom stereocenters. The van der Waals surface area contributed by atoms with Crippen molar-refractivity contribution < 1.29 is 4.74 Å². The van der Waals surface area contributed by atoms with Gasteiger partial charge < -0.3 is 10.1 Å². The van der Waals surface area contributed by atoms with Gasteiger partial charge in [0.25, 0.3) is 0 Å². The molecule has 1 saturated heterocycles. The molecule has 0 spiro atoms. The van der Waals surface area contributed by atoms with Gasteiger partial charge in [-0.2, -0.15) is 0 Å². The Balaban J connectivity index is 2.12. The molecule has 1 aliphatic rings. The van der Waals surface area contributed by atoms with Crippen LogP contribution in [0.1, 0.15) is 6.92 Å². The van der Waals surface area contributed by atoms with Crippen molar-refractivity contribution in [2.75, 3.05) is 26.4 Å². The van der Waals surface area contributed by atoms with Gasteiger partial charge in [0.05, 0.1) is 13.3 Å². The zero-order valence-corrected chi connectivity index (χ0v) is 5.81. The number of hydrogen-bond acceptors (Lipinski definition) is 3. The Morgan fingerprint density at radius 2 is 2.44 bits per heavy atom. The Morgan fingerprint density at radius 3 is 3.33 bits per heavy atom. The highest BCUT2D eigenvalue weighted by atomic mass is 16.5. The summed E-state index contributed by atoms with van der Waals surface area (Å²) in [7, 11) is 0. The van der Waals surface area contributed by atoms with Crippen molar-refractivity contribution in [1.82, 2.24) is 10.6 Å². The lowest BCUT2D eigenvalue weighted by molar-refractivity contribution is 0.104. The molecule has 0 bridgehead atoms. The van der Waals surface area contributed by atoms with E-state index < -0.39 is 0 Å². The molecular formula is C6H14N2O. The maximum atomic E-state index is 5.15. The second-order valence-electron chi connectivity index (χ2n) is 2.36. The van der Waals surface area contributed by atoms with Crippen molar-refractivity contribution in [3.8, 4) is 0 Å². The molecule has 1 unspecified atom stereocenters. The summed E-state index contributed by atoms with van der Waals surface area (Å²) < 4.78 is 5.15. The largest absolute Gasteiger partial charge is 0.365 e. The first-order chi connectivity index (χ1) is 4.39. The Bertz CT molecular complexity index is 69.5. The fourth-order valence-corrected chi connectivity index (χ4v) is 0.869. The van der Waals surface area contributed by atoms with Crippen molar-refractivity contribution in [2.24, 2.45) is 0 Å². The average Bonchev–Trinajstić information content (AvgIpc) is 1.79. The molecular weight excluding hydrogens is 116 g/mol. The molecule has 0 amide bonds. The normalized spacial score (nSPS) is 31.0. The minimum absolute atomic E-state index is 0.578. The van der Waals surface area contributed by atoms with Crippen LogP contribution in [0.2, 0.25) is 0 Å². The third-order valence-electron chi connectivity index (χ3n) is 1.39. The average molecular weight is 130 g/mol. The summed E-state index contributed by atoms with van der Waals surface area (Å²) in [5, 5.41) is 6.45. The predicted octanol–water partition coefficient (Wildman–Crippen LogP) is -0.458. The molecule has 1 fully saturated rings. The van der Waals surface area contributed by atoms with Crippen LogP contribution in [0.3, 0.4) is 0 Å². The highest BCUT2D eigenvalue weighted by molar-refractivity contribution is 4.63. The van der Waals surface area contributed by atoms with Gasteiger partial charge in [-0.05, 0) is 6.92 Å². The van der Waals surface area contributed by atoms with E-state index in [1.54, 1.807) is 0 Å². The molecule has 0 aromatic rings. The highest BCUT2D eigenvalue weighted by Gasteiger charge is 2.01. The summed E-state index contributed by atoms with van der Waals surface area (Å²) in [4.78, 5) is 0. The monoisotopic (exact) mass is 130 g/mol. The third-order valence-corrected chi connectivity index (χ3v) is 1.39. The van der Waals surface area contributed by atoms with Crippen molar-refractivity contribution in [2.45, 2.75) is 13.0 Å². The summed E-state index contributed by atoms with van der Waals surface area (Å²) in [6, 6.07) is 0.578. The molecule has 3 heteroatoms. The number of hydrogen-bond donors (Lipinski definition) is 2. The minimum Gasteiger partial charge on any atom is -0.365 e. The Hall–Kier alpha value is -0.120. The van der Waals surface area contributed by atoms with E-state index in [1.807, 2.05) is 0 Å². The summed E-state index contributed by atoms with van der Waals surface area (Å²) in [5.74, 6) is 0. The molecule has 1 rings (SSSR count). The van der Waals surface area contributed by atoms with Gasteiger partial charge in [0.15, 0.2) is 0 Å². The van der Waals surface area contributed by atoms with Crippen LogP contribution in [-0.2, 0) is 4.74 Å². The first-order valence-electron chi connectivity index (χ1n) is 3.41. The summed E-state index contributed by atoms with van der Waals surface area (Å²) in [6.45, 7) is 5.66. The van der Waals surface area contributed by atoms with Crippen molar-refractivity contribution in [3.05, 3.63) is 0 Å². The van der Waals surface area contributed by atoms with E-state index in [1.165, 1.54) is 0 Å². The van der Waals surface area contributed by atoms with Crippen LogP contribution in [0.15, 0.2) is 0 Å². The fourth-order valence-electron chi connectivity index (χ4n) is 0.869. The zero-order valence-electron chi connectivity index (χ0n) is 5.81. The first-order valence-corrected chi connectivity index (χ1v) is 3.41. The van der Waals surface area contributed by atoms with Gasteiger partial charge in [-0.25, -0.2) is 0 Å². The molecule has 1 heterocycles. The zero-order chi connectivity index (χ0) is 6.53. The first kappa shape index (κ1) is 6.99. The quantitative estimate of drug-likeness (QED) is 0.465. The molecule has 54 valence electrons. The van der Waals surface area contributed by atoms with Crippen LogP contribution < -0.4 is 10.6 Å². The van der Waals surface area contributed by atoms with Gasteiger partial charge >= 0.3 is 0 Å². The van der Waals surface area contributed by atoms with E-state index in [9.17, 15) is 0 Å². The lowest BCUT2D eigenvalue weighted by Crippen LogP contribution is -2.41. The Labute approximate surface area is 55.8 Å². The third kappa shape index (κ3) is 2.79. The van der Waals surface area contributed by atoms with Crippen LogP contribution in [0.4, 0.5) is 0 Å². The lowest BCUT2D eigenvalue weighted by atomic mass is 10.3. The molecule has 0 radical (unpaired) electrons. The standard InChI is InChI=1S/C6H14N2O/c1-6-4-7-5-9-3-2-8-6/h6-8H,2-5H2,1H3. The van der Waals surface area contributed by atoms with Crippen molar-refractivity contribution >= 4 is 0 Å². The number of nitrogens with one attached hydrogen (secondary N) is 2. The topological polar surface area (TPSA) is 33.3 Å². The maximum Gasteiger partial charge on any atom is 0.0966 e. The fraction of sp³-hybridized carbons (Fsp3) is 1.00. The van der Waals surface area contributed by atoms with Gasteiger partial charge in [-0.1, -0.05) is 0 Å². The number of ether oxygens (including phenoxy) is 1. The molecule has 0 saturated carbocycles. The number of rotatable bonds is 0. The van der Waals surface area contributed by atoms with E-state index in [4.69, 9.17) is 4.74 Å². The summed E-state index contributed by atoms with van der Waals surface area (Å²) in [5.41, 5.74) is 0. The lowest BCUT2D eigenvalue weighted by Gasteiger charge is -2.18. The molecule has 1 aliphatic heterocycles. The Morgan fingerprint density at radius 1 is 1.56 bits per heavy atom. The minimum atomic E-state index is 0.578. The SMILES string of the molecule is CC1CNCOCCN1. The highest BCUT2D eigenvalue weighted by Crippen LogP contribution is 1.82. The molecule has 9 heavy (non-hydrogen) atoms. The van der Waals surface area contributed by atoms with E-state index in [-0.39, 0.29) is 0 Å².